The highest BCUT2D eigenvalue weighted by molar-refractivity contribution is 5.80. The van der Waals surface area contributed by atoms with Gasteiger partial charge in [-0.25, -0.2) is 0 Å². The van der Waals surface area contributed by atoms with Crippen LogP contribution in [0.3, 0.4) is 0 Å². The molecule has 0 saturated heterocycles. The first-order valence-electron chi connectivity index (χ1n) is 7.60. The van der Waals surface area contributed by atoms with Gasteiger partial charge in [-0.1, -0.05) is 25.0 Å². The summed E-state index contributed by atoms with van der Waals surface area (Å²) in [7, 11) is 0. The van der Waals surface area contributed by atoms with E-state index in [4.69, 9.17) is 10.5 Å². The van der Waals surface area contributed by atoms with Crippen molar-refractivity contribution in [1.82, 2.24) is 4.90 Å². The lowest BCUT2D eigenvalue weighted by atomic mass is 10.0. The van der Waals surface area contributed by atoms with Gasteiger partial charge in [0.05, 0.1) is 19.2 Å². The third-order valence-corrected chi connectivity index (χ3v) is 4.32. The van der Waals surface area contributed by atoms with Gasteiger partial charge in [0.25, 0.3) is 0 Å². The minimum atomic E-state index is 0.300. The normalized spacial score (nSPS) is 23.1. The number of ether oxygens (including phenoxy) is 1. The summed E-state index contributed by atoms with van der Waals surface area (Å²) in [6.45, 7) is 3.48. The van der Waals surface area contributed by atoms with E-state index in [0.717, 1.165) is 18.3 Å². The highest BCUT2D eigenvalue weighted by atomic mass is 16.5. The first kappa shape index (κ1) is 13.3. The van der Waals surface area contributed by atoms with Crippen molar-refractivity contribution in [1.29, 1.82) is 0 Å². The van der Waals surface area contributed by atoms with Crippen LogP contribution in [0.25, 0.3) is 0 Å². The standard InChI is InChI=1S/C16H23N3O/c1-2-20-14-9-7-12(8-10-14)15-11-18-16(17)19(15)13-5-3-4-6-13/h7-10,13,15H,2-6,11H2,1H3,(H2,17,18). The highest BCUT2D eigenvalue weighted by Gasteiger charge is 2.34. The molecule has 4 heteroatoms. The Morgan fingerprint density at radius 3 is 2.60 bits per heavy atom. The maximum absolute atomic E-state index is 6.12. The van der Waals surface area contributed by atoms with Crippen LogP contribution < -0.4 is 10.5 Å². The van der Waals surface area contributed by atoms with Crippen LogP contribution in [0.5, 0.6) is 5.75 Å². The highest BCUT2D eigenvalue weighted by Crippen LogP contribution is 2.34. The molecule has 108 valence electrons. The zero-order valence-corrected chi connectivity index (χ0v) is 12.1. The van der Waals surface area contributed by atoms with E-state index in [1.165, 1.54) is 31.2 Å². The lowest BCUT2D eigenvalue weighted by molar-refractivity contribution is 0.262. The smallest absolute Gasteiger partial charge is 0.192 e. The van der Waals surface area contributed by atoms with Crippen molar-refractivity contribution < 1.29 is 4.74 Å². The lowest BCUT2D eigenvalue weighted by Gasteiger charge is -2.32. The molecule has 0 amide bonds. The van der Waals surface area contributed by atoms with Gasteiger partial charge in [-0.05, 0) is 37.5 Å². The third-order valence-electron chi connectivity index (χ3n) is 4.32. The van der Waals surface area contributed by atoms with E-state index in [2.05, 4.69) is 22.0 Å². The van der Waals surface area contributed by atoms with Crippen molar-refractivity contribution in [2.75, 3.05) is 13.2 Å². The van der Waals surface area contributed by atoms with Gasteiger partial charge in [0, 0.05) is 6.04 Å². The van der Waals surface area contributed by atoms with E-state index >= 15 is 0 Å². The van der Waals surface area contributed by atoms with Crippen LogP contribution in [0.2, 0.25) is 0 Å². The second kappa shape index (κ2) is 5.73. The average Bonchev–Trinajstić information content (AvgIpc) is 3.09. The second-order valence-corrected chi connectivity index (χ2v) is 5.56. The number of rotatable bonds is 4. The quantitative estimate of drug-likeness (QED) is 0.917. The van der Waals surface area contributed by atoms with Gasteiger partial charge < -0.3 is 15.4 Å². The van der Waals surface area contributed by atoms with Gasteiger partial charge in [-0.15, -0.1) is 0 Å². The predicted molar refractivity (Wildman–Crippen MR) is 80.9 cm³/mol. The predicted octanol–water partition coefficient (Wildman–Crippen LogP) is 2.70. The molecule has 1 unspecified atom stereocenters. The molecule has 4 nitrogen and oxygen atoms in total. The van der Waals surface area contributed by atoms with Crippen LogP contribution in [0.1, 0.15) is 44.2 Å². The molecule has 1 heterocycles. The van der Waals surface area contributed by atoms with E-state index in [0.29, 0.717) is 18.7 Å². The van der Waals surface area contributed by atoms with E-state index in [-0.39, 0.29) is 0 Å². The fourth-order valence-corrected chi connectivity index (χ4v) is 3.35. The summed E-state index contributed by atoms with van der Waals surface area (Å²) < 4.78 is 5.50. The summed E-state index contributed by atoms with van der Waals surface area (Å²) in [5.74, 6) is 1.64. The van der Waals surface area contributed by atoms with Gasteiger partial charge in [0.15, 0.2) is 5.96 Å². The molecule has 1 fully saturated rings. The van der Waals surface area contributed by atoms with Crippen molar-refractivity contribution >= 4 is 5.96 Å². The summed E-state index contributed by atoms with van der Waals surface area (Å²) >= 11 is 0. The van der Waals surface area contributed by atoms with Crippen LogP contribution in [-0.2, 0) is 0 Å². The molecule has 1 aliphatic heterocycles. The first-order chi connectivity index (χ1) is 9.79. The van der Waals surface area contributed by atoms with Crippen molar-refractivity contribution in [2.24, 2.45) is 10.7 Å². The number of guanidine groups is 1. The Bertz CT molecular complexity index is 477. The number of aliphatic imine (C=N–C) groups is 1. The molecule has 3 rings (SSSR count). The topological polar surface area (TPSA) is 50.9 Å². The lowest BCUT2D eigenvalue weighted by Crippen LogP contribution is -2.42. The fourth-order valence-electron chi connectivity index (χ4n) is 3.35. The molecule has 0 aromatic heterocycles. The second-order valence-electron chi connectivity index (χ2n) is 5.56. The number of nitrogens with zero attached hydrogens (tertiary/aromatic N) is 2. The van der Waals surface area contributed by atoms with Gasteiger partial charge in [-0.3, -0.25) is 4.99 Å². The summed E-state index contributed by atoms with van der Waals surface area (Å²) in [5.41, 5.74) is 7.40. The van der Waals surface area contributed by atoms with Crippen LogP contribution >= 0.6 is 0 Å². The van der Waals surface area contributed by atoms with E-state index < -0.39 is 0 Å². The van der Waals surface area contributed by atoms with E-state index in [1.54, 1.807) is 0 Å². The zero-order chi connectivity index (χ0) is 13.9. The number of hydrogen-bond acceptors (Lipinski definition) is 4. The van der Waals surface area contributed by atoms with Crippen molar-refractivity contribution in [3.05, 3.63) is 29.8 Å². The summed E-state index contributed by atoms with van der Waals surface area (Å²) in [6, 6.07) is 9.24. The molecular weight excluding hydrogens is 250 g/mol. The Balaban J connectivity index is 1.78. The molecular formula is C16H23N3O. The SMILES string of the molecule is CCOc1ccc(C2CN=C(N)N2C2CCCC2)cc1. The van der Waals surface area contributed by atoms with E-state index in [9.17, 15) is 0 Å². The number of nitrogens with two attached hydrogens (primary N) is 1. The van der Waals surface area contributed by atoms with Crippen LogP contribution in [-0.4, -0.2) is 30.1 Å². The minimum absolute atomic E-state index is 0.300. The third kappa shape index (κ3) is 2.47. The van der Waals surface area contributed by atoms with Crippen molar-refractivity contribution in [3.8, 4) is 5.75 Å². The molecule has 0 spiro atoms. The maximum atomic E-state index is 6.12. The van der Waals surface area contributed by atoms with E-state index in [1.807, 2.05) is 19.1 Å². The molecule has 1 atom stereocenters. The fraction of sp³-hybridized carbons (Fsp3) is 0.562. The Labute approximate surface area is 120 Å². The Morgan fingerprint density at radius 2 is 1.95 bits per heavy atom. The maximum Gasteiger partial charge on any atom is 0.192 e. The van der Waals surface area contributed by atoms with Crippen LogP contribution in [0, 0.1) is 0 Å². The minimum Gasteiger partial charge on any atom is -0.494 e. The first-order valence-corrected chi connectivity index (χ1v) is 7.60. The Kier molecular flexibility index (Phi) is 3.81. The Morgan fingerprint density at radius 1 is 1.25 bits per heavy atom. The molecule has 20 heavy (non-hydrogen) atoms. The molecule has 2 N–H and O–H groups in total. The van der Waals surface area contributed by atoms with Gasteiger partial charge >= 0.3 is 0 Å². The molecule has 1 saturated carbocycles. The summed E-state index contributed by atoms with van der Waals surface area (Å²) in [4.78, 5) is 6.80. The zero-order valence-electron chi connectivity index (χ0n) is 12.1. The van der Waals surface area contributed by atoms with Crippen LogP contribution in [0.4, 0.5) is 0 Å². The molecule has 0 bridgehead atoms. The van der Waals surface area contributed by atoms with Gasteiger partial charge in [0.2, 0.25) is 0 Å². The van der Waals surface area contributed by atoms with Crippen molar-refractivity contribution in [2.45, 2.75) is 44.7 Å². The molecule has 0 radical (unpaired) electrons. The van der Waals surface area contributed by atoms with Gasteiger partial charge in [0.1, 0.15) is 5.75 Å². The molecule has 1 aliphatic carbocycles. The largest absolute Gasteiger partial charge is 0.494 e. The van der Waals surface area contributed by atoms with Crippen molar-refractivity contribution in [3.63, 3.8) is 0 Å². The number of benzene rings is 1. The van der Waals surface area contributed by atoms with Gasteiger partial charge in [-0.2, -0.15) is 0 Å². The molecule has 1 aromatic carbocycles. The average molecular weight is 273 g/mol. The number of hydrogen-bond donors (Lipinski definition) is 1. The molecule has 1 aromatic rings. The molecule has 2 aliphatic rings. The summed E-state index contributed by atoms with van der Waals surface area (Å²) in [6.07, 6.45) is 5.10. The summed E-state index contributed by atoms with van der Waals surface area (Å²) in [5, 5.41) is 0. The monoisotopic (exact) mass is 273 g/mol. The Hall–Kier alpha value is -1.71. The van der Waals surface area contributed by atoms with Crippen LogP contribution in [0.15, 0.2) is 29.3 Å².